The van der Waals surface area contributed by atoms with Gasteiger partial charge < -0.3 is 16.9 Å². The van der Waals surface area contributed by atoms with Crippen molar-refractivity contribution in [3.63, 3.8) is 0 Å². The van der Waals surface area contributed by atoms with E-state index in [4.69, 9.17) is 0 Å². The average molecular weight is 313 g/mol. The molecule has 3 aliphatic heterocycles. The zero-order valence-corrected chi connectivity index (χ0v) is 13.5. The number of piperazine rings is 3. The second-order valence-corrected chi connectivity index (χ2v) is 6.81. The first-order valence-corrected chi connectivity index (χ1v) is 8.14. The second-order valence-electron chi connectivity index (χ2n) is 6.81. The largest absolute Gasteiger partial charge is 1.00 e. The van der Waals surface area contributed by atoms with Crippen LogP contribution in [0.15, 0.2) is 48.5 Å². The third kappa shape index (κ3) is 1.81. The standard InChI is InChI=1S/C19H21N2.ClH/c1-3-7-17-15(5-1)16-6-2-4-8-18(16)19(17)21-12-9-20(10-13-21)11-14-21;/h1-8,19H,9-14H2;1H/q+1;/p-1. The van der Waals surface area contributed by atoms with Crippen LogP contribution in [0.2, 0.25) is 0 Å². The van der Waals surface area contributed by atoms with Gasteiger partial charge in [0.25, 0.3) is 0 Å². The molecule has 0 amide bonds. The molecule has 3 heterocycles. The van der Waals surface area contributed by atoms with Crippen molar-refractivity contribution in [3.8, 4) is 11.1 Å². The van der Waals surface area contributed by atoms with E-state index in [0.717, 1.165) is 0 Å². The molecule has 1 aliphatic carbocycles. The van der Waals surface area contributed by atoms with E-state index in [0.29, 0.717) is 6.04 Å². The fraction of sp³-hybridized carbons (Fsp3) is 0.368. The van der Waals surface area contributed by atoms with E-state index in [1.165, 1.54) is 54.9 Å². The van der Waals surface area contributed by atoms with E-state index in [1.54, 1.807) is 11.1 Å². The average Bonchev–Trinajstić information content (AvgIpc) is 2.92. The maximum absolute atomic E-state index is 2.63. The van der Waals surface area contributed by atoms with Crippen LogP contribution in [0.5, 0.6) is 0 Å². The summed E-state index contributed by atoms with van der Waals surface area (Å²) in [6, 6.07) is 18.7. The van der Waals surface area contributed by atoms with Crippen molar-refractivity contribution in [1.82, 2.24) is 4.90 Å². The number of quaternary nitrogens is 1. The van der Waals surface area contributed by atoms with Crippen LogP contribution in [-0.4, -0.2) is 48.7 Å². The first-order chi connectivity index (χ1) is 10.4. The number of nitrogens with zero attached hydrogens (tertiary/aromatic N) is 2. The number of fused-ring (bicyclic) bond motifs is 6. The minimum atomic E-state index is 0. The minimum Gasteiger partial charge on any atom is -1.00 e. The molecule has 6 rings (SSSR count). The Hall–Kier alpha value is -1.35. The zero-order valence-electron chi connectivity index (χ0n) is 12.7. The molecule has 0 N–H and O–H groups in total. The Labute approximate surface area is 138 Å². The molecule has 0 radical (unpaired) electrons. The Bertz CT molecular complexity index is 645. The first-order valence-electron chi connectivity index (χ1n) is 8.14. The van der Waals surface area contributed by atoms with Gasteiger partial charge >= 0.3 is 0 Å². The van der Waals surface area contributed by atoms with Crippen molar-refractivity contribution in [2.45, 2.75) is 6.04 Å². The summed E-state index contributed by atoms with van der Waals surface area (Å²) in [5.74, 6) is 0. The highest BCUT2D eigenvalue weighted by atomic mass is 35.5. The summed E-state index contributed by atoms with van der Waals surface area (Å²) in [6.07, 6.45) is 0. The summed E-state index contributed by atoms with van der Waals surface area (Å²) in [5, 5.41) is 0. The maximum Gasteiger partial charge on any atom is 0.142 e. The van der Waals surface area contributed by atoms with Crippen LogP contribution >= 0.6 is 0 Å². The van der Waals surface area contributed by atoms with Gasteiger partial charge in [-0.15, -0.1) is 0 Å². The molecule has 114 valence electrons. The Morgan fingerprint density at radius 2 is 1.18 bits per heavy atom. The van der Waals surface area contributed by atoms with Crippen LogP contribution in [-0.2, 0) is 0 Å². The predicted molar refractivity (Wildman–Crippen MR) is 85.0 cm³/mol. The van der Waals surface area contributed by atoms with Crippen molar-refractivity contribution in [1.29, 1.82) is 0 Å². The van der Waals surface area contributed by atoms with Crippen molar-refractivity contribution in [2.75, 3.05) is 39.3 Å². The molecular weight excluding hydrogens is 292 g/mol. The highest BCUT2D eigenvalue weighted by Gasteiger charge is 2.48. The van der Waals surface area contributed by atoms with E-state index in [-0.39, 0.29) is 12.4 Å². The lowest BCUT2D eigenvalue weighted by Gasteiger charge is -2.54. The van der Waals surface area contributed by atoms with Gasteiger partial charge in [0.1, 0.15) is 6.04 Å². The summed E-state index contributed by atoms with van der Waals surface area (Å²) in [5.41, 5.74) is 6.07. The van der Waals surface area contributed by atoms with Crippen molar-refractivity contribution < 1.29 is 16.9 Å². The Morgan fingerprint density at radius 1 is 0.727 bits per heavy atom. The summed E-state index contributed by atoms with van der Waals surface area (Å²) >= 11 is 0. The molecule has 3 fully saturated rings. The van der Waals surface area contributed by atoms with Gasteiger partial charge in [0, 0.05) is 30.8 Å². The van der Waals surface area contributed by atoms with Crippen LogP contribution in [0.3, 0.4) is 0 Å². The molecule has 2 nitrogen and oxygen atoms in total. The van der Waals surface area contributed by atoms with E-state index < -0.39 is 0 Å². The maximum atomic E-state index is 2.63. The molecule has 2 aromatic rings. The van der Waals surface area contributed by atoms with Gasteiger partial charge in [-0.3, -0.25) is 4.90 Å². The van der Waals surface area contributed by atoms with Gasteiger partial charge in [0.15, 0.2) is 0 Å². The van der Waals surface area contributed by atoms with E-state index in [9.17, 15) is 0 Å². The molecule has 2 bridgehead atoms. The fourth-order valence-corrected chi connectivity index (χ4v) is 4.80. The molecule has 4 aliphatic rings. The highest BCUT2D eigenvalue weighted by molar-refractivity contribution is 5.78. The molecule has 22 heavy (non-hydrogen) atoms. The number of hydrogen-bond acceptors (Lipinski definition) is 1. The van der Waals surface area contributed by atoms with E-state index in [2.05, 4.69) is 53.4 Å². The van der Waals surface area contributed by atoms with Gasteiger partial charge in [-0.05, 0) is 11.1 Å². The second kappa shape index (κ2) is 5.09. The van der Waals surface area contributed by atoms with Crippen LogP contribution in [0.25, 0.3) is 11.1 Å². The molecule has 0 saturated carbocycles. The summed E-state index contributed by atoms with van der Waals surface area (Å²) in [4.78, 5) is 2.63. The monoisotopic (exact) mass is 312 g/mol. The van der Waals surface area contributed by atoms with Gasteiger partial charge in [-0.25, -0.2) is 0 Å². The lowest BCUT2D eigenvalue weighted by Crippen LogP contribution is -3.00. The predicted octanol–water partition coefficient (Wildman–Crippen LogP) is -0.0936. The quantitative estimate of drug-likeness (QED) is 0.665. The molecule has 2 aromatic carbocycles. The third-order valence-corrected chi connectivity index (χ3v) is 5.93. The summed E-state index contributed by atoms with van der Waals surface area (Å²) in [7, 11) is 0. The van der Waals surface area contributed by atoms with Crippen molar-refractivity contribution in [2.24, 2.45) is 0 Å². The first kappa shape index (κ1) is 14.3. The minimum absolute atomic E-state index is 0. The fourth-order valence-electron chi connectivity index (χ4n) is 4.80. The van der Waals surface area contributed by atoms with Crippen LogP contribution < -0.4 is 12.4 Å². The number of hydrogen-bond donors (Lipinski definition) is 0. The van der Waals surface area contributed by atoms with Crippen molar-refractivity contribution >= 4 is 0 Å². The summed E-state index contributed by atoms with van der Waals surface area (Å²) in [6.45, 7) is 7.77. The zero-order chi connectivity index (χ0) is 13.9. The molecule has 0 spiro atoms. The number of rotatable bonds is 1. The lowest BCUT2D eigenvalue weighted by molar-refractivity contribution is -0.963. The molecular formula is C19H21ClN2. The Morgan fingerprint density at radius 3 is 1.68 bits per heavy atom. The van der Waals surface area contributed by atoms with Crippen LogP contribution in [0, 0.1) is 0 Å². The Kier molecular flexibility index (Phi) is 3.30. The smallest absolute Gasteiger partial charge is 0.142 e. The number of benzene rings is 2. The third-order valence-electron chi connectivity index (χ3n) is 5.93. The SMILES string of the molecule is [Cl-].c1ccc2c(c1)-c1ccccc1C2[N+]12CCN(CC1)CC2. The lowest BCUT2D eigenvalue weighted by atomic mass is 9.96. The van der Waals surface area contributed by atoms with Crippen molar-refractivity contribution in [3.05, 3.63) is 59.7 Å². The number of halogens is 1. The molecule has 3 saturated heterocycles. The van der Waals surface area contributed by atoms with E-state index >= 15 is 0 Å². The van der Waals surface area contributed by atoms with Gasteiger partial charge in [-0.2, -0.15) is 0 Å². The van der Waals surface area contributed by atoms with Gasteiger partial charge in [0.2, 0.25) is 0 Å². The normalized spacial score (nSPS) is 28.8. The summed E-state index contributed by atoms with van der Waals surface area (Å²) < 4.78 is 1.28. The molecule has 0 aromatic heterocycles. The molecule has 0 atom stereocenters. The van der Waals surface area contributed by atoms with Gasteiger partial charge in [0.05, 0.1) is 19.6 Å². The van der Waals surface area contributed by atoms with Gasteiger partial charge in [-0.1, -0.05) is 48.5 Å². The van der Waals surface area contributed by atoms with Crippen LogP contribution in [0.1, 0.15) is 17.2 Å². The Balaban J connectivity index is 0.00000125. The topological polar surface area (TPSA) is 3.24 Å². The molecule has 3 heteroatoms. The van der Waals surface area contributed by atoms with E-state index in [1.807, 2.05) is 0 Å². The molecule has 0 unspecified atom stereocenters. The van der Waals surface area contributed by atoms with Crippen LogP contribution in [0.4, 0.5) is 0 Å². The highest BCUT2D eigenvalue weighted by Crippen LogP contribution is 2.50.